The SMILES string of the molecule is CC1OC2(CCN(CCn3ccc4ccccc43)CC2)CN(c2ccccc2)C1=O. The Balaban J connectivity index is 1.23. The maximum absolute atomic E-state index is 12.7. The lowest BCUT2D eigenvalue weighted by Gasteiger charge is -2.49. The first-order valence-corrected chi connectivity index (χ1v) is 10.9. The number of hydrogen-bond acceptors (Lipinski definition) is 3. The minimum Gasteiger partial charge on any atom is -0.360 e. The Labute approximate surface area is 177 Å². The lowest BCUT2D eigenvalue weighted by atomic mass is 9.88. The molecule has 2 aromatic carbocycles. The van der Waals surface area contributed by atoms with Gasteiger partial charge in [0, 0.05) is 43.6 Å². The van der Waals surface area contributed by atoms with Crippen molar-refractivity contribution in [1.82, 2.24) is 9.47 Å². The molecule has 0 saturated carbocycles. The smallest absolute Gasteiger partial charge is 0.255 e. The average Bonchev–Trinajstić information content (AvgIpc) is 3.20. The van der Waals surface area contributed by atoms with E-state index in [1.807, 2.05) is 42.2 Å². The minimum absolute atomic E-state index is 0.0636. The van der Waals surface area contributed by atoms with Crippen molar-refractivity contribution in [3.05, 3.63) is 66.9 Å². The Morgan fingerprint density at radius 3 is 2.50 bits per heavy atom. The fraction of sp³-hybridized carbons (Fsp3) is 0.400. The van der Waals surface area contributed by atoms with Gasteiger partial charge in [0.1, 0.15) is 6.10 Å². The van der Waals surface area contributed by atoms with Crippen LogP contribution in [0.4, 0.5) is 5.69 Å². The molecule has 3 heterocycles. The molecule has 1 spiro atoms. The molecular formula is C25H29N3O2. The third kappa shape index (κ3) is 3.64. The zero-order valence-electron chi connectivity index (χ0n) is 17.5. The summed E-state index contributed by atoms with van der Waals surface area (Å²) in [6.07, 6.45) is 3.71. The van der Waals surface area contributed by atoms with Gasteiger partial charge in [0.15, 0.2) is 0 Å². The Morgan fingerprint density at radius 2 is 1.70 bits per heavy atom. The number of amides is 1. The number of para-hydroxylation sites is 2. The molecule has 2 aliphatic heterocycles. The maximum Gasteiger partial charge on any atom is 0.255 e. The molecule has 1 unspecified atom stereocenters. The molecular weight excluding hydrogens is 374 g/mol. The topological polar surface area (TPSA) is 37.7 Å². The first kappa shape index (κ1) is 19.3. The molecule has 5 heteroatoms. The van der Waals surface area contributed by atoms with E-state index in [1.54, 1.807) is 0 Å². The first-order valence-electron chi connectivity index (χ1n) is 10.9. The number of hydrogen-bond donors (Lipinski definition) is 0. The largest absolute Gasteiger partial charge is 0.360 e. The van der Waals surface area contributed by atoms with Gasteiger partial charge in [0.05, 0.1) is 12.1 Å². The van der Waals surface area contributed by atoms with E-state index in [1.165, 1.54) is 10.9 Å². The van der Waals surface area contributed by atoms with Crippen LogP contribution < -0.4 is 4.90 Å². The molecule has 1 amide bonds. The Morgan fingerprint density at radius 1 is 0.967 bits per heavy atom. The molecule has 156 valence electrons. The molecule has 2 fully saturated rings. The van der Waals surface area contributed by atoms with Gasteiger partial charge >= 0.3 is 0 Å². The van der Waals surface area contributed by atoms with Gasteiger partial charge in [-0.25, -0.2) is 0 Å². The van der Waals surface area contributed by atoms with Crippen molar-refractivity contribution in [3.63, 3.8) is 0 Å². The van der Waals surface area contributed by atoms with Gasteiger partial charge in [0.2, 0.25) is 0 Å². The second-order valence-electron chi connectivity index (χ2n) is 8.61. The molecule has 0 radical (unpaired) electrons. The van der Waals surface area contributed by atoms with E-state index in [-0.39, 0.29) is 11.5 Å². The second-order valence-corrected chi connectivity index (χ2v) is 8.61. The van der Waals surface area contributed by atoms with Gasteiger partial charge in [-0.15, -0.1) is 0 Å². The molecule has 5 nitrogen and oxygen atoms in total. The van der Waals surface area contributed by atoms with Gasteiger partial charge < -0.3 is 19.1 Å². The number of rotatable bonds is 4. The number of anilines is 1. The summed E-state index contributed by atoms with van der Waals surface area (Å²) in [5, 5.41) is 1.30. The van der Waals surface area contributed by atoms with E-state index >= 15 is 0 Å². The third-order valence-corrected chi connectivity index (χ3v) is 6.66. The van der Waals surface area contributed by atoms with E-state index < -0.39 is 6.10 Å². The van der Waals surface area contributed by atoms with Crippen molar-refractivity contribution in [2.24, 2.45) is 0 Å². The predicted molar refractivity (Wildman–Crippen MR) is 120 cm³/mol. The highest BCUT2D eigenvalue weighted by molar-refractivity contribution is 5.97. The Kier molecular flexibility index (Phi) is 5.09. The van der Waals surface area contributed by atoms with Crippen LogP contribution in [0.5, 0.6) is 0 Å². The molecule has 2 aliphatic rings. The highest BCUT2D eigenvalue weighted by Crippen LogP contribution is 2.35. The molecule has 3 aromatic rings. The Hall–Kier alpha value is -2.63. The molecule has 1 aromatic heterocycles. The van der Waals surface area contributed by atoms with Crippen molar-refractivity contribution in [2.45, 2.75) is 38.0 Å². The van der Waals surface area contributed by atoms with Crippen LogP contribution >= 0.6 is 0 Å². The summed E-state index contributed by atoms with van der Waals surface area (Å²) in [6.45, 7) is 6.57. The van der Waals surface area contributed by atoms with Crippen LogP contribution in [0.25, 0.3) is 10.9 Å². The average molecular weight is 404 g/mol. The Bertz CT molecular complexity index is 1020. The van der Waals surface area contributed by atoms with Gasteiger partial charge in [-0.3, -0.25) is 4.79 Å². The zero-order chi connectivity index (χ0) is 20.6. The van der Waals surface area contributed by atoms with Gasteiger partial charge in [-0.05, 0) is 49.4 Å². The van der Waals surface area contributed by atoms with Crippen LogP contribution in [0.3, 0.4) is 0 Å². The fourth-order valence-corrected chi connectivity index (χ4v) is 4.92. The van der Waals surface area contributed by atoms with Gasteiger partial charge in [-0.2, -0.15) is 0 Å². The van der Waals surface area contributed by atoms with E-state index in [9.17, 15) is 4.79 Å². The highest BCUT2D eigenvalue weighted by Gasteiger charge is 2.45. The number of ether oxygens (including phenoxy) is 1. The number of piperidine rings is 1. The predicted octanol–water partition coefficient (Wildman–Crippen LogP) is 3.93. The summed E-state index contributed by atoms with van der Waals surface area (Å²) in [5.74, 6) is 0.0636. The number of carbonyl (C=O) groups excluding carboxylic acids is 1. The molecule has 2 saturated heterocycles. The number of fused-ring (bicyclic) bond motifs is 1. The van der Waals surface area contributed by atoms with Crippen molar-refractivity contribution >= 4 is 22.5 Å². The molecule has 0 bridgehead atoms. The molecule has 30 heavy (non-hydrogen) atoms. The third-order valence-electron chi connectivity index (χ3n) is 6.66. The lowest BCUT2D eigenvalue weighted by molar-refractivity contribution is -0.161. The number of likely N-dealkylation sites (tertiary alicyclic amines) is 1. The van der Waals surface area contributed by atoms with E-state index in [0.717, 1.165) is 44.7 Å². The first-order chi connectivity index (χ1) is 14.6. The summed E-state index contributed by atoms with van der Waals surface area (Å²) in [4.78, 5) is 17.2. The zero-order valence-corrected chi connectivity index (χ0v) is 17.5. The van der Waals surface area contributed by atoms with Crippen LogP contribution in [0.2, 0.25) is 0 Å². The van der Waals surface area contributed by atoms with Crippen LogP contribution in [0.1, 0.15) is 19.8 Å². The number of nitrogens with zero attached hydrogens (tertiary/aromatic N) is 3. The van der Waals surface area contributed by atoms with Crippen molar-refractivity contribution in [1.29, 1.82) is 0 Å². The standard InChI is InChI=1S/C25H29N3O2/c1-20-24(29)28(22-8-3-2-4-9-22)19-25(30-20)12-15-26(16-13-25)17-18-27-14-11-21-7-5-6-10-23(21)27/h2-11,14,20H,12-13,15-19H2,1H3. The number of morpholine rings is 1. The van der Waals surface area contributed by atoms with Gasteiger partial charge in [0.25, 0.3) is 5.91 Å². The summed E-state index contributed by atoms with van der Waals surface area (Å²) < 4.78 is 8.65. The molecule has 5 rings (SSSR count). The normalized spacial score (nSPS) is 22.1. The lowest BCUT2D eigenvalue weighted by Crippen LogP contribution is -2.61. The molecule has 0 N–H and O–H groups in total. The van der Waals surface area contributed by atoms with Crippen molar-refractivity contribution in [2.75, 3.05) is 31.1 Å². The summed E-state index contributed by atoms with van der Waals surface area (Å²) in [7, 11) is 0. The summed E-state index contributed by atoms with van der Waals surface area (Å²) >= 11 is 0. The van der Waals surface area contributed by atoms with Crippen LogP contribution in [-0.2, 0) is 16.1 Å². The van der Waals surface area contributed by atoms with E-state index in [0.29, 0.717) is 6.54 Å². The van der Waals surface area contributed by atoms with Gasteiger partial charge in [-0.1, -0.05) is 36.4 Å². The summed E-state index contributed by atoms with van der Waals surface area (Å²) in [6, 6.07) is 20.7. The summed E-state index contributed by atoms with van der Waals surface area (Å²) in [5.41, 5.74) is 2.03. The van der Waals surface area contributed by atoms with Crippen molar-refractivity contribution in [3.8, 4) is 0 Å². The second kappa shape index (κ2) is 7.89. The van der Waals surface area contributed by atoms with E-state index in [4.69, 9.17) is 4.74 Å². The van der Waals surface area contributed by atoms with E-state index in [2.05, 4.69) is 46.0 Å². The number of carbonyl (C=O) groups is 1. The van der Waals surface area contributed by atoms with Crippen LogP contribution in [0, 0.1) is 0 Å². The number of benzene rings is 2. The van der Waals surface area contributed by atoms with Crippen LogP contribution in [0.15, 0.2) is 66.9 Å². The minimum atomic E-state index is -0.392. The maximum atomic E-state index is 12.7. The molecule has 1 atom stereocenters. The highest BCUT2D eigenvalue weighted by atomic mass is 16.5. The quantitative estimate of drug-likeness (QED) is 0.663. The fourth-order valence-electron chi connectivity index (χ4n) is 4.92. The number of aromatic nitrogens is 1. The van der Waals surface area contributed by atoms with Crippen molar-refractivity contribution < 1.29 is 9.53 Å². The van der Waals surface area contributed by atoms with Crippen LogP contribution in [-0.4, -0.2) is 53.3 Å². The molecule has 0 aliphatic carbocycles. The monoisotopic (exact) mass is 403 g/mol.